The average Bonchev–Trinajstić information content (AvgIpc) is 3.36. The smallest absolute Gasteiger partial charge is 0.294 e. The molecule has 2 aromatic rings. The van der Waals surface area contributed by atoms with Crippen molar-refractivity contribution in [3.63, 3.8) is 0 Å². The number of methoxy groups -OCH3 is 1. The number of hydrogen-bond donors (Lipinski definition) is 0. The highest BCUT2D eigenvalue weighted by Crippen LogP contribution is 2.36. The molecule has 1 aromatic carbocycles. The zero-order chi connectivity index (χ0) is 24.7. The second-order valence-electron chi connectivity index (χ2n) is 7.19. The Bertz CT molecular complexity index is 1220. The number of benzene rings is 1. The van der Waals surface area contributed by atoms with E-state index in [-0.39, 0.29) is 21.8 Å². The van der Waals surface area contributed by atoms with E-state index in [0.717, 1.165) is 47.9 Å². The van der Waals surface area contributed by atoms with E-state index in [9.17, 15) is 13.2 Å². The molecule has 1 aliphatic heterocycles. The molecule has 34 heavy (non-hydrogen) atoms. The number of amidine groups is 1. The standard InChI is InChI=1S/C23H25ClN2O5S3/c1-4-6-7-13-31-18-14-16(8-9-17(18)30-3)15-19-22(27)26(12-5-2)23(32-19)25-34(28,29)21-11-10-20(24)33-21/h5,8-11,14-15H,2,4,6-7,12-13H2,1,3H3. The van der Waals surface area contributed by atoms with Crippen LogP contribution in [0.15, 0.2) is 56.5 Å². The fourth-order valence-electron chi connectivity index (χ4n) is 3.03. The summed E-state index contributed by atoms with van der Waals surface area (Å²) in [5, 5.41) is 0.0604. The van der Waals surface area contributed by atoms with Gasteiger partial charge in [0.1, 0.15) is 4.21 Å². The van der Waals surface area contributed by atoms with E-state index in [1.807, 2.05) is 0 Å². The zero-order valence-corrected chi connectivity index (χ0v) is 22.0. The maximum absolute atomic E-state index is 13.0. The molecule has 1 saturated heterocycles. The van der Waals surface area contributed by atoms with Crippen molar-refractivity contribution in [2.45, 2.75) is 30.4 Å². The highest BCUT2D eigenvalue weighted by atomic mass is 35.5. The van der Waals surface area contributed by atoms with E-state index in [2.05, 4.69) is 17.9 Å². The number of sulfonamides is 1. The van der Waals surface area contributed by atoms with Gasteiger partial charge < -0.3 is 9.47 Å². The topological polar surface area (TPSA) is 85.3 Å². The van der Waals surface area contributed by atoms with E-state index in [4.69, 9.17) is 21.1 Å². The van der Waals surface area contributed by atoms with E-state index in [1.165, 1.54) is 23.1 Å². The Hall–Kier alpha value is -2.27. The summed E-state index contributed by atoms with van der Waals surface area (Å²) < 4.78 is 41.0. The minimum Gasteiger partial charge on any atom is -0.493 e. The molecule has 182 valence electrons. The molecule has 1 fully saturated rings. The number of carbonyl (C=O) groups is 1. The largest absolute Gasteiger partial charge is 0.493 e. The van der Waals surface area contributed by atoms with Crippen LogP contribution in [0.25, 0.3) is 6.08 Å². The van der Waals surface area contributed by atoms with Gasteiger partial charge in [-0.15, -0.1) is 22.3 Å². The Labute approximate surface area is 213 Å². The highest BCUT2D eigenvalue weighted by molar-refractivity contribution is 8.19. The molecule has 0 unspecified atom stereocenters. The first kappa shape index (κ1) is 26.3. The molecule has 0 spiro atoms. The lowest BCUT2D eigenvalue weighted by Crippen LogP contribution is -2.29. The summed E-state index contributed by atoms with van der Waals surface area (Å²) >= 11 is 7.77. The number of halogens is 1. The van der Waals surface area contributed by atoms with Crippen molar-refractivity contribution in [3.8, 4) is 11.5 Å². The van der Waals surface area contributed by atoms with Gasteiger partial charge in [0, 0.05) is 6.54 Å². The van der Waals surface area contributed by atoms with Crippen LogP contribution in [-0.2, 0) is 14.8 Å². The van der Waals surface area contributed by atoms with Crippen molar-refractivity contribution in [2.75, 3.05) is 20.3 Å². The van der Waals surface area contributed by atoms with Gasteiger partial charge in [-0.05, 0) is 54.1 Å². The fraction of sp³-hybridized carbons (Fsp3) is 0.304. The molecule has 0 bridgehead atoms. The molecule has 0 N–H and O–H groups in total. The Kier molecular flexibility index (Phi) is 9.24. The van der Waals surface area contributed by atoms with Gasteiger partial charge in [-0.1, -0.05) is 43.5 Å². The summed E-state index contributed by atoms with van der Waals surface area (Å²) in [5.74, 6) is 0.821. The van der Waals surface area contributed by atoms with Gasteiger partial charge in [0.2, 0.25) is 0 Å². The number of hydrogen-bond acceptors (Lipinski definition) is 7. The first-order valence-corrected chi connectivity index (χ1v) is 14.0. The van der Waals surface area contributed by atoms with Crippen LogP contribution in [0.3, 0.4) is 0 Å². The van der Waals surface area contributed by atoms with Gasteiger partial charge in [0.25, 0.3) is 15.9 Å². The third kappa shape index (κ3) is 6.44. The number of thiophene rings is 1. The Morgan fingerprint density at radius 2 is 2.00 bits per heavy atom. The van der Waals surface area contributed by atoms with Crippen LogP contribution in [0, 0.1) is 0 Å². The number of rotatable bonds is 11. The Morgan fingerprint density at radius 3 is 2.65 bits per heavy atom. The highest BCUT2D eigenvalue weighted by Gasteiger charge is 2.34. The number of thioether (sulfide) groups is 1. The third-order valence-corrected chi connectivity index (χ3v) is 8.78. The summed E-state index contributed by atoms with van der Waals surface area (Å²) in [6, 6.07) is 8.25. The van der Waals surface area contributed by atoms with E-state index in [1.54, 1.807) is 31.4 Å². The van der Waals surface area contributed by atoms with Gasteiger partial charge >= 0.3 is 0 Å². The first-order valence-electron chi connectivity index (χ1n) is 10.5. The molecule has 1 aromatic heterocycles. The zero-order valence-electron chi connectivity index (χ0n) is 18.8. The van der Waals surface area contributed by atoms with Crippen LogP contribution in [-0.4, -0.2) is 44.7 Å². The normalized spacial score (nSPS) is 16.4. The van der Waals surface area contributed by atoms with Gasteiger partial charge in [0.05, 0.1) is 23.0 Å². The predicted octanol–water partition coefficient (Wildman–Crippen LogP) is 5.83. The molecule has 1 aliphatic rings. The summed E-state index contributed by atoms with van der Waals surface area (Å²) in [6.45, 7) is 6.47. The molecule has 3 rings (SSSR count). The number of carbonyl (C=O) groups excluding carboxylic acids is 1. The van der Waals surface area contributed by atoms with Crippen molar-refractivity contribution in [1.29, 1.82) is 0 Å². The van der Waals surface area contributed by atoms with E-state index in [0.29, 0.717) is 27.3 Å². The maximum atomic E-state index is 13.0. The molecule has 0 aliphatic carbocycles. The Morgan fingerprint density at radius 1 is 1.21 bits per heavy atom. The van der Waals surface area contributed by atoms with Crippen LogP contribution in [0.5, 0.6) is 11.5 Å². The van der Waals surface area contributed by atoms with Crippen molar-refractivity contribution in [3.05, 3.63) is 57.8 Å². The molecule has 1 amide bonds. The fourth-order valence-corrected chi connectivity index (χ4v) is 6.68. The summed E-state index contributed by atoms with van der Waals surface area (Å²) in [4.78, 5) is 14.6. The monoisotopic (exact) mass is 540 g/mol. The number of nitrogens with zero attached hydrogens (tertiary/aromatic N) is 2. The van der Waals surface area contributed by atoms with Gasteiger partial charge in [-0.25, -0.2) is 0 Å². The Balaban J connectivity index is 1.90. The number of amides is 1. The minimum atomic E-state index is -4.02. The lowest BCUT2D eigenvalue weighted by atomic mass is 10.2. The van der Waals surface area contributed by atoms with Crippen molar-refractivity contribution < 1.29 is 22.7 Å². The second kappa shape index (κ2) is 11.9. The van der Waals surface area contributed by atoms with Gasteiger partial charge in [0.15, 0.2) is 16.7 Å². The SMILES string of the molecule is C=CCN1C(=O)C(=Cc2ccc(OC)c(OCCCCC)c2)SC1=NS(=O)(=O)c1ccc(Cl)s1. The number of ether oxygens (including phenoxy) is 2. The average molecular weight is 541 g/mol. The van der Waals surface area contributed by atoms with Gasteiger partial charge in [-0.2, -0.15) is 8.42 Å². The van der Waals surface area contributed by atoms with E-state index < -0.39 is 10.0 Å². The van der Waals surface area contributed by atoms with Crippen LogP contribution >= 0.6 is 34.7 Å². The maximum Gasteiger partial charge on any atom is 0.294 e. The minimum absolute atomic E-state index is 0.00838. The van der Waals surface area contributed by atoms with E-state index >= 15 is 0 Å². The van der Waals surface area contributed by atoms with Crippen LogP contribution < -0.4 is 9.47 Å². The lowest BCUT2D eigenvalue weighted by Gasteiger charge is -2.12. The summed E-state index contributed by atoms with van der Waals surface area (Å²) in [7, 11) is -2.45. The van der Waals surface area contributed by atoms with Gasteiger partial charge in [-0.3, -0.25) is 9.69 Å². The van der Waals surface area contributed by atoms with Crippen molar-refractivity contribution in [2.24, 2.45) is 4.40 Å². The molecular weight excluding hydrogens is 516 g/mol. The van der Waals surface area contributed by atoms with Crippen molar-refractivity contribution >= 4 is 61.9 Å². The summed E-state index contributed by atoms with van der Waals surface area (Å²) in [6.07, 6.45) is 6.28. The molecule has 0 atom stereocenters. The summed E-state index contributed by atoms with van der Waals surface area (Å²) in [5.41, 5.74) is 0.717. The molecule has 11 heteroatoms. The second-order valence-corrected chi connectivity index (χ2v) is 11.7. The number of unbranched alkanes of at least 4 members (excludes halogenated alkanes) is 2. The first-order chi connectivity index (χ1) is 16.3. The molecule has 7 nitrogen and oxygen atoms in total. The molecule has 0 radical (unpaired) electrons. The van der Waals surface area contributed by atoms with Crippen molar-refractivity contribution in [1.82, 2.24) is 4.90 Å². The van der Waals surface area contributed by atoms with Crippen LogP contribution in [0.2, 0.25) is 4.34 Å². The lowest BCUT2D eigenvalue weighted by molar-refractivity contribution is -0.121. The van der Waals surface area contributed by atoms with Crippen LogP contribution in [0.4, 0.5) is 0 Å². The molecule has 0 saturated carbocycles. The van der Waals surface area contributed by atoms with Crippen LogP contribution in [0.1, 0.15) is 31.7 Å². The predicted molar refractivity (Wildman–Crippen MR) is 139 cm³/mol. The molecule has 2 heterocycles. The quantitative estimate of drug-likeness (QED) is 0.203. The molecular formula is C23H25ClN2O5S3. The third-order valence-electron chi connectivity index (χ3n) is 4.69.